The fourth-order valence-electron chi connectivity index (χ4n) is 3.03. The first-order valence-electron chi connectivity index (χ1n) is 11.1. The number of amides is 3. The van der Waals surface area contributed by atoms with Crippen molar-refractivity contribution < 1.29 is 29.4 Å². The molecule has 3 amide bonds. The molecule has 1 rings (SSSR count). The summed E-state index contributed by atoms with van der Waals surface area (Å²) < 4.78 is 0. The van der Waals surface area contributed by atoms with Gasteiger partial charge in [0.05, 0.1) is 12.6 Å². The summed E-state index contributed by atoms with van der Waals surface area (Å²) in [4.78, 5) is 52.6. The largest absolute Gasteiger partial charge is 0.508 e. The van der Waals surface area contributed by atoms with Gasteiger partial charge in [-0.15, -0.1) is 0 Å². The molecule has 13 nitrogen and oxygen atoms in total. The van der Waals surface area contributed by atoms with Gasteiger partial charge in [-0.1, -0.05) is 26.0 Å². The lowest BCUT2D eigenvalue weighted by atomic mass is 10.0. The van der Waals surface area contributed by atoms with E-state index in [0.29, 0.717) is 18.5 Å². The van der Waals surface area contributed by atoms with Crippen LogP contribution in [0.2, 0.25) is 0 Å². The van der Waals surface area contributed by atoms with E-state index in [-0.39, 0.29) is 30.5 Å². The van der Waals surface area contributed by atoms with E-state index in [0.717, 1.165) is 0 Å². The van der Waals surface area contributed by atoms with E-state index in [9.17, 15) is 29.4 Å². The predicted octanol–water partition coefficient (Wildman–Crippen LogP) is -1.86. The number of carbonyl (C=O) groups is 4. The number of hydrogen-bond acceptors (Lipinski definition) is 7. The molecule has 0 saturated carbocycles. The van der Waals surface area contributed by atoms with Crippen molar-refractivity contribution in [3.05, 3.63) is 29.8 Å². The third-order valence-electron chi connectivity index (χ3n) is 4.99. The molecule has 0 saturated heterocycles. The van der Waals surface area contributed by atoms with Crippen LogP contribution in [0.3, 0.4) is 0 Å². The minimum atomic E-state index is -1.19. The molecule has 0 aliphatic carbocycles. The highest BCUT2D eigenvalue weighted by molar-refractivity contribution is 5.92. The fourth-order valence-corrected chi connectivity index (χ4v) is 3.03. The number of nitrogens with one attached hydrogen (secondary N) is 3. The Morgan fingerprint density at radius 2 is 1.66 bits per heavy atom. The quantitative estimate of drug-likeness (QED) is 0.0823. The predicted molar refractivity (Wildman–Crippen MR) is 129 cm³/mol. The molecule has 0 bridgehead atoms. The molecular formula is C22H35N7O6. The third-order valence-corrected chi connectivity index (χ3v) is 4.99. The maximum absolute atomic E-state index is 12.8. The van der Waals surface area contributed by atoms with Crippen LogP contribution >= 0.6 is 0 Å². The number of aliphatic carboxylic acids is 1. The van der Waals surface area contributed by atoms with Gasteiger partial charge in [0.1, 0.15) is 17.8 Å². The number of rotatable bonds is 14. The maximum atomic E-state index is 12.8. The highest BCUT2D eigenvalue weighted by Gasteiger charge is 2.26. The van der Waals surface area contributed by atoms with Crippen LogP contribution in [-0.4, -0.2) is 71.1 Å². The molecule has 0 fully saturated rings. The topological polar surface area (TPSA) is 235 Å². The lowest BCUT2D eigenvalue weighted by Crippen LogP contribution is -2.54. The van der Waals surface area contributed by atoms with Crippen molar-refractivity contribution in [2.75, 3.05) is 13.1 Å². The van der Waals surface area contributed by atoms with Crippen LogP contribution in [0.15, 0.2) is 29.3 Å². The van der Waals surface area contributed by atoms with E-state index < -0.39 is 48.4 Å². The van der Waals surface area contributed by atoms with Crippen LogP contribution in [0.4, 0.5) is 0 Å². The van der Waals surface area contributed by atoms with Crippen molar-refractivity contribution in [2.45, 2.75) is 51.2 Å². The summed E-state index contributed by atoms with van der Waals surface area (Å²) in [6.07, 6.45) is 0.774. The third kappa shape index (κ3) is 11.2. The van der Waals surface area contributed by atoms with E-state index in [1.54, 1.807) is 26.0 Å². The standard InChI is InChI=1S/C22H35N7O6/c1-12(2)18(21(34)35)29-17(31)11-27-20(33)16(10-13-5-7-14(30)8-6-13)28-19(32)15(23)4-3-9-26-22(24)25/h5-8,12,15-16,18,30H,3-4,9-11,23H2,1-2H3,(H,27,33)(H,28,32)(H,29,31)(H,34,35)(H4,24,25,26). The number of carboxylic acids is 1. The highest BCUT2D eigenvalue weighted by Crippen LogP contribution is 2.12. The van der Waals surface area contributed by atoms with Crippen molar-refractivity contribution in [3.63, 3.8) is 0 Å². The van der Waals surface area contributed by atoms with Crippen molar-refractivity contribution in [2.24, 2.45) is 28.1 Å². The summed E-state index contributed by atoms with van der Waals surface area (Å²) in [5.41, 5.74) is 17.1. The molecule has 3 unspecified atom stereocenters. The van der Waals surface area contributed by atoms with Gasteiger partial charge in [0.25, 0.3) is 0 Å². The van der Waals surface area contributed by atoms with E-state index >= 15 is 0 Å². The van der Waals surface area contributed by atoms with Gasteiger partial charge in [-0.05, 0) is 36.5 Å². The Labute approximate surface area is 203 Å². The second kappa shape index (κ2) is 14.4. The van der Waals surface area contributed by atoms with E-state index in [1.165, 1.54) is 12.1 Å². The number of hydrogen-bond donors (Lipinski definition) is 8. The number of nitrogens with zero attached hydrogens (tertiary/aromatic N) is 1. The first-order chi connectivity index (χ1) is 16.4. The first-order valence-corrected chi connectivity index (χ1v) is 11.1. The van der Waals surface area contributed by atoms with Gasteiger partial charge < -0.3 is 43.4 Å². The Morgan fingerprint density at radius 3 is 2.20 bits per heavy atom. The van der Waals surface area contributed by atoms with Gasteiger partial charge in [-0.25, -0.2) is 4.79 Å². The van der Waals surface area contributed by atoms with Crippen LogP contribution in [0.25, 0.3) is 0 Å². The van der Waals surface area contributed by atoms with Crippen molar-refractivity contribution in [1.82, 2.24) is 16.0 Å². The summed E-state index contributed by atoms with van der Waals surface area (Å²) >= 11 is 0. The minimum Gasteiger partial charge on any atom is -0.508 e. The molecule has 11 N–H and O–H groups in total. The summed E-state index contributed by atoms with van der Waals surface area (Å²) in [6, 6.07) is 2.94. The summed E-state index contributed by atoms with van der Waals surface area (Å²) in [5.74, 6) is -3.51. The Bertz CT molecular complexity index is 900. The molecule has 0 heterocycles. The highest BCUT2D eigenvalue weighted by atomic mass is 16.4. The van der Waals surface area contributed by atoms with Gasteiger partial charge in [0.2, 0.25) is 17.7 Å². The van der Waals surface area contributed by atoms with Crippen LogP contribution in [0.1, 0.15) is 32.3 Å². The number of aromatic hydroxyl groups is 1. The normalized spacial score (nSPS) is 13.3. The van der Waals surface area contributed by atoms with E-state index in [2.05, 4.69) is 20.9 Å². The van der Waals surface area contributed by atoms with Gasteiger partial charge in [-0.3, -0.25) is 19.4 Å². The SMILES string of the molecule is CC(C)C(NC(=O)CNC(=O)C(Cc1ccc(O)cc1)NC(=O)C(N)CCCN=C(N)N)C(=O)O. The van der Waals surface area contributed by atoms with E-state index in [1.807, 2.05) is 0 Å². The number of phenols is 1. The summed E-state index contributed by atoms with van der Waals surface area (Å²) in [6.45, 7) is 3.09. The molecule has 0 spiro atoms. The average molecular weight is 494 g/mol. The number of carbonyl (C=O) groups excluding carboxylic acids is 3. The molecule has 3 atom stereocenters. The maximum Gasteiger partial charge on any atom is 0.326 e. The van der Waals surface area contributed by atoms with Gasteiger partial charge in [0, 0.05) is 13.0 Å². The molecular weight excluding hydrogens is 458 g/mol. The monoisotopic (exact) mass is 493 g/mol. The molecule has 13 heteroatoms. The molecule has 0 aliphatic rings. The lowest BCUT2D eigenvalue weighted by molar-refractivity contribution is -0.143. The van der Waals surface area contributed by atoms with Crippen LogP contribution < -0.4 is 33.2 Å². The van der Waals surface area contributed by atoms with E-state index in [4.69, 9.17) is 17.2 Å². The summed E-state index contributed by atoms with van der Waals surface area (Å²) in [7, 11) is 0. The Hall–Kier alpha value is -3.87. The number of aliphatic imine (C=N–C) groups is 1. The van der Waals surface area contributed by atoms with Crippen molar-refractivity contribution >= 4 is 29.7 Å². The second-order valence-electron chi connectivity index (χ2n) is 8.33. The molecule has 0 aromatic heterocycles. The molecule has 0 radical (unpaired) electrons. The van der Waals surface area contributed by atoms with Crippen LogP contribution in [-0.2, 0) is 25.6 Å². The molecule has 35 heavy (non-hydrogen) atoms. The number of guanidine groups is 1. The Morgan fingerprint density at radius 1 is 1.03 bits per heavy atom. The van der Waals surface area contributed by atoms with Gasteiger partial charge in [-0.2, -0.15) is 0 Å². The zero-order valence-corrected chi connectivity index (χ0v) is 19.9. The first kappa shape index (κ1) is 29.2. The summed E-state index contributed by atoms with van der Waals surface area (Å²) in [5, 5.41) is 26.0. The van der Waals surface area contributed by atoms with Crippen molar-refractivity contribution in [1.29, 1.82) is 0 Å². The minimum absolute atomic E-state index is 0.0383. The fraction of sp³-hybridized carbons (Fsp3) is 0.500. The number of nitrogens with two attached hydrogens (primary N) is 3. The van der Waals surface area contributed by atoms with Gasteiger partial charge in [0.15, 0.2) is 5.96 Å². The van der Waals surface area contributed by atoms with Crippen molar-refractivity contribution in [3.8, 4) is 5.75 Å². The Balaban J connectivity index is 2.81. The molecule has 1 aromatic rings. The zero-order valence-electron chi connectivity index (χ0n) is 19.9. The Kier molecular flexibility index (Phi) is 12.0. The lowest BCUT2D eigenvalue weighted by Gasteiger charge is -2.22. The number of benzene rings is 1. The molecule has 194 valence electrons. The van der Waals surface area contributed by atoms with Crippen LogP contribution in [0.5, 0.6) is 5.75 Å². The second-order valence-corrected chi connectivity index (χ2v) is 8.33. The van der Waals surface area contributed by atoms with Gasteiger partial charge >= 0.3 is 5.97 Å². The average Bonchev–Trinajstić information content (AvgIpc) is 2.78. The smallest absolute Gasteiger partial charge is 0.326 e. The number of carboxylic acid groups (broad SMARTS) is 1. The van der Waals surface area contributed by atoms with Crippen LogP contribution in [0, 0.1) is 5.92 Å². The molecule has 0 aliphatic heterocycles. The number of phenolic OH excluding ortho intramolecular Hbond substituents is 1. The zero-order chi connectivity index (χ0) is 26.5. The molecule has 1 aromatic carbocycles.